The number of aliphatic hydroxyl groups excluding tert-OH is 1. The lowest BCUT2D eigenvalue weighted by molar-refractivity contribution is 0.0641. The van der Waals surface area contributed by atoms with Crippen molar-refractivity contribution in [1.29, 1.82) is 0 Å². The van der Waals surface area contributed by atoms with Crippen LogP contribution in [0.3, 0.4) is 0 Å². The van der Waals surface area contributed by atoms with E-state index in [9.17, 15) is 9.90 Å². The van der Waals surface area contributed by atoms with Crippen molar-refractivity contribution >= 4 is 5.91 Å². The number of nitrogens with one attached hydrogen (secondary N) is 2. The quantitative estimate of drug-likeness (QED) is 0.722. The summed E-state index contributed by atoms with van der Waals surface area (Å²) in [7, 11) is 0. The molecule has 0 saturated heterocycles. The van der Waals surface area contributed by atoms with Crippen LogP contribution in [-0.2, 0) is 0 Å². The fourth-order valence-electron chi connectivity index (χ4n) is 3.06. The minimum Gasteiger partial charge on any atom is -0.393 e. The average Bonchev–Trinajstić information content (AvgIpc) is 2.76. The average molecular weight is 279 g/mol. The van der Waals surface area contributed by atoms with Gasteiger partial charge >= 0.3 is 0 Å². The van der Waals surface area contributed by atoms with Crippen molar-refractivity contribution < 1.29 is 9.90 Å². The van der Waals surface area contributed by atoms with Crippen LogP contribution >= 0.6 is 0 Å². The first kappa shape index (κ1) is 15.0. The number of rotatable bonds is 5. The van der Waals surface area contributed by atoms with E-state index >= 15 is 0 Å². The molecule has 20 heavy (non-hydrogen) atoms. The Morgan fingerprint density at radius 2 is 2.15 bits per heavy atom. The molecule has 5 nitrogen and oxygen atoms in total. The summed E-state index contributed by atoms with van der Waals surface area (Å²) in [4.78, 5) is 12.0. The first-order valence-electron chi connectivity index (χ1n) is 7.57. The van der Waals surface area contributed by atoms with Gasteiger partial charge in [-0.1, -0.05) is 12.8 Å². The van der Waals surface area contributed by atoms with Gasteiger partial charge in [-0.3, -0.25) is 9.89 Å². The van der Waals surface area contributed by atoms with Crippen LogP contribution in [0.4, 0.5) is 0 Å². The number of aryl methyl sites for hydroxylation is 2. The molecule has 2 unspecified atom stereocenters. The van der Waals surface area contributed by atoms with Crippen molar-refractivity contribution in [2.24, 2.45) is 5.92 Å². The monoisotopic (exact) mass is 279 g/mol. The van der Waals surface area contributed by atoms with Crippen LogP contribution < -0.4 is 5.32 Å². The van der Waals surface area contributed by atoms with Crippen LogP contribution in [-0.4, -0.2) is 33.9 Å². The lowest BCUT2D eigenvalue weighted by atomic mass is 9.83. The number of hydrogen-bond acceptors (Lipinski definition) is 3. The second kappa shape index (κ2) is 6.88. The van der Waals surface area contributed by atoms with E-state index in [0.29, 0.717) is 18.0 Å². The maximum Gasteiger partial charge on any atom is 0.255 e. The summed E-state index contributed by atoms with van der Waals surface area (Å²) in [6, 6.07) is 0. The molecular weight excluding hydrogens is 254 g/mol. The minimum absolute atomic E-state index is 0.0575. The number of amides is 1. The van der Waals surface area contributed by atoms with E-state index < -0.39 is 0 Å². The van der Waals surface area contributed by atoms with Gasteiger partial charge in [0.25, 0.3) is 5.91 Å². The highest BCUT2D eigenvalue weighted by atomic mass is 16.3. The maximum atomic E-state index is 12.0. The second-order valence-electron chi connectivity index (χ2n) is 5.82. The Balaban J connectivity index is 1.72. The van der Waals surface area contributed by atoms with Gasteiger partial charge in [-0.2, -0.15) is 5.10 Å². The number of aromatic amines is 1. The Morgan fingerprint density at radius 3 is 2.80 bits per heavy atom. The fourth-order valence-corrected chi connectivity index (χ4v) is 3.06. The van der Waals surface area contributed by atoms with E-state index in [1.54, 1.807) is 0 Å². The summed E-state index contributed by atoms with van der Waals surface area (Å²) in [6.07, 6.45) is 6.20. The zero-order valence-electron chi connectivity index (χ0n) is 12.4. The van der Waals surface area contributed by atoms with Crippen LogP contribution in [0.15, 0.2) is 0 Å². The number of carbonyl (C=O) groups excluding carboxylic acids is 1. The van der Waals surface area contributed by atoms with Crippen LogP contribution in [0.2, 0.25) is 0 Å². The Bertz CT molecular complexity index is 436. The van der Waals surface area contributed by atoms with E-state index in [0.717, 1.165) is 43.5 Å². The van der Waals surface area contributed by atoms with E-state index in [4.69, 9.17) is 0 Å². The molecule has 2 rings (SSSR count). The summed E-state index contributed by atoms with van der Waals surface area (Å²) in [5, 5.41) is 19.7. The molecule has 1 aliphatic carbocycles. The molecule has 1 saturated carbocycles. The number of hydrogen-bond donors (Lipinski definition) is 3. The summed E-state index contributed by atoms with van der Waals surface area (Å²) < 4.78 is 0. The van der Waals surface area contributed by atoms with Gasteiger partial charge < -0.3 is 10.4 Å². The van der Waals surface area contributed by atoms with Crippen molar-refractivity contribution in [2.45, 2.75) is 58.5 Å². The lowest BCUT2D eigenvalue weighted by Gasteiger charge is -2.27. The summed E-state index contributed by atoms with van der Waals surface area (Å²) in [5.41, 5.74) is 2.20. The fraction of sp³-hybridized carbons (Fsp3) is 0.733. The van der Waals surface area contributed by atoms with Gasteiger partial charge in [0.15, 0.2) is 0 Å². The van der Waals surface area contributed by atoms with Crippen molar-refractivity contribution in [1.82, 2.24) is 15.5 Å². The molecule has 1 aromatic rings. The third-order valence-electron chi connectivity index (χ3n) is 4.26. The molecule has 1 amide bonds. The zero-order chi connectivity index (χ0) is 14.5. The van der Waals surface area contributed by atoms with E-state index in [-0.39, 0.29) is 12.0 Å². The first-order valence-corrected chi connectivity index (χ1v) is 7.57. The summed E-state index contributed by atoms with van der Waals surface area (Å²) in [6.45, 7) is 4.34. The van der Waals surface area contributed by atoms with Gasteiger partial charge in [-0.05, 0) is 45.4 Å². The molecule has 1 heterocycles. The zero-order valence-corrected chi connectivity index (χ0v) is 12.4. The Labute approximate surface area is 120 Å². The second-order valence-corrected chi connectivity index (χ2v) is 5.82. The van der Waals surface area contributed by atoms with Gasteiger partial charge in [0.05, 0.1) is 17.4 Å². The lowest BCUT2D eigenvalue weighted by Crippen LogP contribution is -2.28. The van der Waals surface area contributed by atoms with Crippen molar-refractivity contribution in [3.8, 4) is 0 Å². The third kappa shape index (κ3) is 3.60. The van der Waals surface area contributed by atoms with Gasteiger partial charge in [0, 0.05) is 12.2 Å². The van der Waals surface area contributed by atoms with Crippen LogP contribution in [0.1, 0.15) is 60.3 Å². The summed E-state index contributed by atoms with van der Waals surface area (Å²) >= 11 is 0. The number of carbonyl (C=O) groups is 1. The molecule has 0 radical (unpaired) electrons. The topological polar surface area (TPSA) is 78.0 Å². The highest BCUT2D eigenvalue weighted by Gasteiger charge is 2.22. The van der Waals surface area contributed by atoms with Crippen LogP contribution in [0.25, 0.3) is 0 Å². The predicted octanol–water partition coefficient (Wildman–Crippen LogP) is 2.09. The van der Waals surface area contributed by atoms with Gasteiger partial charge in [0.2, 0.25) is 0 Å². The van der Waals surface area contributed by atoms with E-state index in [1.807, 2.05) is 13.8 Å². The molecule has 0 aromatic carbocycles. The molecule has 5 heteroatoms. The van der Waals surface area contributed by atoms with E-state index in [1.165, 1.54) is 6.42 Å². The van der Waals surface area contributed by atoms with Crippen molar-refractivity contribution in [3.63, 3.8) is 0 Å². The summed E-state index contributed by atoms with van der Waals surface area (Å²) in [5.74, 6) is 0.357. The molecule has 2 atom stereocenters. The Hall–Kier alpha value is -1.36. The molecule has 3 N–H and O–H groups in total. The van der Waals surface area contributed by atoms with Gasteiger partial charge in [0.1, 0.15) is 0 Å². The van der Waals surface area contributed by atoms with E-state index in [2.05, 4.69) is 15.5 Å². The predicted molar refractivity (Wildman–Crippen MR) is 77.6 cm³/mol. The molecular formula is C15H25N3O2. The Kier molecular flexibility index (Phi) is 5.17. The standard InChI is InChI=1S/C15H25N3O2/c1-10-14(11(2)18-17-10)15(20)16-9-5-7-12-6-3-4-8-13(12)19/h12-13,19H,3-9H2,1-2H3,(H,16,20)(H,17,18). The smallest absolute Gasteiger partial charge is 0.255 e. The molecule has 1 aliphatic rings. The van der Waals surface area contributed by atoms with Gasteiger partial charge in [-0.15, -0.1) is 0 Å². The minimum atomic E-state index is -0.141. The first-order chi connectivity index (χ1) is 9.59. The molecule has 0 bridgehead atoms. The molecule has 0 spiro atoms. The molecule has 1 fully saturated rings. The molecule has 0 aliphatic heterocycles. The number of H-pyrrole nitrogens is 1. The van der Waals surface area contributed by atoms with Crippen molar-refractivity contribution in [3.05, 3.63) is 17.0 Å². The molecule has 1 aromatic heterocycles. The van der Waals surface area contributed by atoms with Crippen molar-refractivity contribution in [2.75, 3.05) is 6.54 Å². The largest absolute Gasteiger partial charge is 0.393 e. The number of nitrogens with zero attached hydrogens (tertiary/aromatic N) is 1. The maximum absolute atomic E-state index is 12.0. The van der Waals surface area contributed by atoms with Gasteiger partial charge in [-0.25, -0.2) is 0 Å². The number of aliphatic hydroxyl groups is 1. The highest BCUT2D eigenvalue weighted by molar-refractivity contribution is 5.96. The SMILES string of the molecule is Cc1n[nH]c(C)c1C(=O)NCCCC1CCCCC1O. The van der Waals surface area contributed by atoms with Crippen LogP contribution in [0.5, 0.6) is 0 Å². The third-order valence-corrected chi connectivity index (χ3v) is 4.26. The van der Waals surface area contributed by atoms with Crippen LogP contribution in [0, 0.1) is 19.8 Å². The molecule has 112 valence electrons. The Morgan fingerprint density at radius 1 is 1.40 bits per heavy atom. The normalized spacial score (nSPS) is 22.8. The highest BCUT2D eigenvalue weighted by Crippen LogP contribution is 2.27. The number of aromatic nitrogens is 2.